The first-order valence-corrected chi connectivity index (χ1v) is 6.74. The lowest BCUT2D eigenvalue weighted by atomic mass is 10.1. The first-order chi connectivity index (χ1) is 8.24. The topological polar surface area (TPSA) is 38.3 Å². The van der Waals surface area contributed by atoms with E-state index in [9.17, 15) is 4.79 Å². The highest BCUT2D eigenvalue weighted by Crippen LogP contribution is 2.10. The van der Waals surface area contributed by atoms with Crippen LogP contribution in [0.25, 0.3) is 0 Å². The SMILES string of the molecule is C=CC(=O)OC(CCCCCCCCC)NC.Cl. The van der Waals surface area contributed by atoms with Crippen molar-refractivity contribution in [3.63, 3.8) is 0 Å². The van der Waals surface area contributed by atoms with Gasteiger partial charge in [-0.05, 0) is 19.9 Å². The molecule has 108 valence electrons. The van der Waals surface area contributed by atoms with Crippen molar-refractivity contribution in [3.05, 3.63) is 12.7 Å². The Hall–Kier alpha value is -0.540. The molecule has 0 aliphatic heterocycles. The fraction of sp³-hybridized carbons (Fsp3) is 0.786. The van der Waals surface area contributed by atoms with E-state index >= 15 is 0 Å². The van der Waals surface area contributed by atoms with E-state index in [0.717, 1.165) is 12.8 Å². The Labute approximate surface area is 118 Å². The van der Waals surface area contributed by atoms with Crippen molar-refractivity contribution < 1.29 is 9.53 Å². The third kappa shape index (κ3) is 11.9. The maximum Gasteiger partial charge on any atom is 0.331 e. The van der Waals surface area contributed by atoms with Crippen LogP contribution in [-0.4, -0.2) is 19.2 Å². The monoisotopic (exact) mass is 277 g/mol. The number of nitrogens with one attached hydrogen (secondary N) is 1. The summed E-state index contributed by atoms with van der Waals surface area (Å²) in [7, 11) is 1.81. The predicted molar refractivity (Wildman–Crippen MR) is 79.0 cm³/mol. The highest BCUT2D eigenvalue weighted by molar-refractivity contribution is 5.85. The van der Waals surface area contributed by atoms with Gasteiger partial charge in [-0.3, -0.25) is 5.32 Å². The molecular formula is C14H28ClNO2. The Kier molecular flexibility index (Phi) is 16.0. The molecule has 4 heteroatoms. The molecule has 18 heavy (non-hydrogen) atoms. The normalized spacial score (nSPS) is 11.4. The van der Waals surface area contributed by atoms with Gasteiger partial charge in [0.15, 0.2) is 6.23 Å². The van der Waals surface area contributed by atoms with Gasteiger partial charge in [-0.15, -0.1) is 12.4 Å². The van der Waals surface area contributed by atoms with Crippen LogP contribution >= 0.6 is 12.4 Å². The minimum atomic E-state index is -0.354. The molecule has 0 saturated heterocycles. The average molecular weight is 278 g/mol. The first-order valence-electron chi connectivity index (χ1n) is 6.74. The average Bonchev–Trinajstić information content (AvgIpc) is 2.35. The Morgan fingerprint density at radius 1 is 1.22 bits per heavy atom. The molecule has 0 aromatic rings. The van der Waals surface area contributed by atoms with E-state index < -0.39 is 0 Å². The van der Waals surface area contributed by atoms with Crippen molar-refractivity contribution in [2.45, 2.75) is 64.5 Å². The minimum absolute atomic E-state index is 0. The summed E-state index contributed by atoms with van der Waals surface area (Å²) < 4.78 is 5.13. The Morgan fingerprint density at radius 2 is 1.78 bits per heavy atom. The van der Waals surface area contributed by atoms with Crippen molar-refractivity contribution >= 4 is 18.4 Å². The molecule has 1 unspecified atom stereocenters. The lowest BCUT2D eigenvalue weighted by Crippen LogP contribution is -2.30. The van der Waals surface area contributed by atoms with Crippen molar-refractivity contribution in [1.29, 1.82) is 0 Å². The lowest BCUT2D eigenvalue weighted by molar-refractivity contribution is -0.144. The summed E-state index contributed by atoms with van der Waals surface area (Å²) in [4.78, 5) is 11.0. The number of halogens is 1. The summed E-state index contributed by atoms with van der Waals surface area (Å²) in [5.74, 6) is -0.354. The second-order valence-corrected chi connectivity index (χ2v) is 4.33. The number of carbonyl (C=O) groups excluding carboxylic acids is 1. The fourth-order valence-corrected chi connectivity index (χ4v) is 1.74. The summed E-state index contributed by atoms with van der Waals surface area (Å²) in [6, 6.07) is 0. The van der Waals surface area contributed by atoms with Crippen LogP contribution in [0.15, 0.2) is 12.7 Å². The fourth-order valence-electron chi connectivity index (χ4n) is 1.74. The van der Waals surface area contributed by atoms with E-state index in [-0.39, 0.29) is 24.6 Å². The zero-order valence-corrected chi connectivity index (χ0v) is 12.6. The van der Waals surface area contributed by atoms with Gasteiger partial charge >= 0.3 is 5.97 Å². The van der Waals surface area contributed by atoms with Gasteiger partial charge in [0.05, 0.1) is 0 Å². The molecule has 1 N–H and O–H groups in total. The van der Waals surface area contributed by atoms with Gasteiger partial charge < -0.3 is 4.74 Å². The van der Waals surface area contributed by atoms with Gasteiger partial charge in [0.1, 0.15) is 0 Å². The standard InChI is InChI=1S/C14H27NO2.ClH/c1-4-6-7-8-9-10-11-12-13(15-3)17-14(16)5-2;/h5,13,15H,2,4,6-12H2,1,3H3;1H. The minimum Gasteiger partial charge on any atom is -0.443 e. The van der Waals surface area contributed by atoms with Crippen molar-refractivity contribution in [3.8, 4) is 0 Å². The van der Waals surface area contributed by atoms with E-state index in [1.165, 1.54) is 44.6 Å². The number of carbonyl (C=O) groups is 1. The molecule has 0 aromatic carbocycles. The summed E-state index contributed by atoms with van der Waals surface area (Å²) in [6.07, 6.45) is 10.8. The van der Waals surface area contributed by atoms with Crippen LogP contribution in [0.4, 0.5) is 0 Å². The largest absolute Gasteiger partial charge is 0.443 e. The molecule has 1 atom stereocenters. The molecule has 0 bridgehead atoms. The van der Waals surface area contributed by atoms with Gasteiger partial charge in [0, 0.05) is 6.08 Å². The highest BCUT2D eigenvalue weighted by atomic mass is 35.5. The number of rotatable bonds is 11. The van der Waals surface area contributed by atoms with Crippen LogP contribution < -0.4 is 5.32 Å². The number of hydrogen-bond donors (Lipinski definition) is 1. The molecular weight excluding hydrogens is 250 g/mol. The Balaban J connectivity index is 0. The Bertz CT molecular complexity index is 210. The highest BCUT2D eigenvalue weighted by Gasteiger charge is 2.08. The van der Waals surface area contributed by atoms with E-state index in [4.69, 9.17) is 4.74 Å². The van der Waals surface area contributed by atoms with Gasteiger partial charge in [0.2, 0.25) is 0 Å². The first kappa shape index (κ1) is 19.8. The zero-order chi connectivity index (χ0) is 12.9. The van der Waals surface area contributed by atoms with Gasteiger partial charge in [0.25, 0.3) is 0 Å². The molecule has 0 aliphatic carbocycles. The van der Waals surface area contributed by atoms with E-state index in [1.807, 2.05) is 7.05 Å². The maximum atomic E-state index is 11.0. The van der Waals surface area contributed by atoms with Crippen molar-refractivity contribution in [2.24, 2.45) is 0 Å². The smallest absolute Gasteiger partial charge is 0.331 e. The molecule has 3 nitrogen and oxygen atoms in total. The summed E-state index contributed by atoms with van der Waals surface area (Å²) >= 11 is 0. The van der Waals surface area contributed by atoms with Gasteiger partial charge in [-0.25, -0.2) is 4.79 Å². The summed E-state index contributed by atoms with van der Waals surface area (Å²) in [5.41, 5.74) is 0. The number of hydrogen-bond acceptors (Lipinski definition) is 3. The molecule has 0 radical (unpaired) electrons. The van der Waals surface area contributed by atoms with E-state index in [0.29, 0.717) is 0 Å². The number of ether oxygens (including phenoxy) is 1. The molecule has 0 aliphatic rings. The molecule has 0 rings (SSSR count). The number of unbranched alkanes of at least 4 members (excludes halogenated alkanes) is 6. The zero-order valence-electron chi connectivity index (χ0n) is 11.7. The molecule has 0 heterocycles. The lowest BCUT2D eigenvalue weighted by Gasteiger charge is -2.15. The van der Waals surface area contributed by atoms with Crippen LogP contribution in [0.2, 0.25) is 0 Å². The van der Waals surface area contributed by atoms with Gasteiger partial charge in [-0.2, -0.15) is 0 Å². The van der Waals surface area contributed by atoms with Gasteiger partial charge in [-0.1, -0.05) is 52.0 Å². The number of esters is 1. The molecule has 0 saturated carbocycles. The second-order valence-electron chi connectivity index (χ2n) is 4.33. The summed E-state index contributed by atoms with van der Waals surface area (Å²) in [6.45, 7) is 5.61. The molecule has 0 spiro atoms. The third-order valence-corrected chi connectivity index (χ3v) is 2.82. The molecule has 0 amide bonds. The van der Waals surface area contributed by atoms with E-state index in [2.05, 4.69) is 18.8 Å². The predicted octanol–water partition coefficient (Wildman–Crippen LogP) is 3.82. The van der Waals surface area contributed by atoms with Crippen LogP contribution in [0, 0.1) is 0 Å². The van der Waals surface area contributed by atoms with Crippen LogP contribution in [-0.2, 0) is 9.53 Å². The quantitative estimate of drug-likeness (QED) is 0.270. The van der Waals surface area contributed by atoms with Crippen molar-refractivity contribution in [1.82, 2.24) is 5.32 Å². The maximum absolute atomic E-state index is 11.0. The van der Waals surface area contributed by atoms with Crippen molar-refractivity contribution in [2.75, 3.05) is 7.05 Å². The third-order valence-electron chi connectivity index (χ3n) is 2.82. The van der Waals surface area contributed by atoms with E-state index in [1.54, 1.807) is 0 Å². The van der Waals surface area contributed by atoms with Crippen LogP contribution in [0.1, 0.15) is 58.3 Å². The summed E-state index contributed by atoms with van der Waals surface area (Å²) in [5, 5.41) is 2.99. The van der Waals surface area contributed by atoms with Crippen LogP contribution in [0.5, 0.6) is 0 Å². The van der Waals surface area contributed by atoms with Crippen LogP contribution in [0.3, 0.4) is 0 Å². The second kappa shape index (κ2) is 14.5. The molecule has 0 fully saturated rings. The Morgan fingerprint density at radius 3 is 2.28 bits per heavy atom. The molecule has 0 aromatic heterocycles.